The number of nitrogens with one attached hydrogen (secondary N) is 1. The summed E-state index contributed by atoms with van der Waals surface area (Å²) in [4.78, 5) is 23.4. The summed E-state index contributed by atoms with van der Waals surface area (Å²) in [6.07, 6.45) is 5.59. The summed E-state index contributed by atoms with van der Waals surface area (Å²) in [5.74, 6) is 0.508. The normalized spacial score (nSPS) is 23.5. The molecule has 1 amide bonds. The van der Waals surface area contributed by atoms with Gasteiger partial charge in [0, 0.05) is 25.1 Å². The minimum atomic E-state index is -1.09. The minimum absolute atomic E-state index is 0.126. The predicted octanol–water partition coefficient (Wildman–Crippen LogP) is 4.42. The molecule has 6 rings (SSSR count). The largest absolute Gasteiger partial charge is 0.465 e. The number of anilines is 1. The van der Waals surface area contributed by atoms with E-state index in [0.29, 0.717) is 37.9 Å². The summed E-state index contributed by atoms with van der Waals surface area (Å²) in [5, 5.41) is 16.8. The first kappa shape index (κ1) is 22.9. The second kappa shape index (κ2) is 8.84. The van der Waals surface area contributed by atoms with Crippen molar-refractivity contribution in [2.75, 3.05) is 24.6 Å². The molecule has 0 radical (unpaired) electrons. The second-order valence-corrected chi connectivity index (χ2v) is 10.7. The Bertz CT molecular complexity index is 1290. The number of hydrogen-bond donors (Lipinski definition) is 2. The van der Waals surface area contributed by atoms with Crippen LogP contribution in [0.15, 0.2) is 24.4 Å². The van der Waals surface area contributed by atoms with Crippen molar-refractivity contribution >= 4 is 45.7 Å². The molecule has 3 aromatic rings. The number of aromatic nitrogens is 4. The topological polar surface area (TPSA) is 105 Å². The molecule has 0 saturated carbocycles. The Morgan fingerprint density at radius 3 is 2.86 bits per heavy atom. The van der Waals surface area contributed by atoms with Gasteiger partial charge in [-0.25, -0.2) is 23.8 Å². The van der Waals surface area contributed by atoms with E-state index in [1.165, 1.54) is 6.07 Å². The maximum absolute atomic E-state index is 14.6. The molecule has 2 fully saturated rings. The van der Waals surface area contributed by atoms with Gasteiger partial charge >= 0.3 is 6.09 Å². The van der Waals surface area contributed by atoms with Crippen LogP contribution < -0.4 is 10.2 Å². The summed E-state index contributed by atoms with van der Waals surface area (Å²) < 4.78 is 23.2. The van der Waals surface area contributed by atoms with Crippen LogP contribution >= 0.6 is 22.6 Å². The fourth-order valence-corrected chi connectivity index (χ4v) is 6.56. The highest BCUT2D eigenvalue weighted by Crippen LogP contribution is 2.52. The molecule has 1 aromatic carbocycles. The van der Waals surface area contributed by atoms with Crippen LogP contribution in [0.25, 0.3) is 11.2 Å². The fraction of sp³-hybridized carbons (Fsp3) is 0.500. The molecule has 1 spiro atoms. The number of nitrogens with zero attached hydrogens (tertiary/aromatic N) is 5. The molecule has 2 saturated heterocycles. The van der Waals surface area contributed by atoms with E-state index in [4.69, 9.17) is 9.72 Å². The molecule has 9 nitrogen and oxygen atoms in total. The van der Waals surface area contributed by atoms with Gasteiger partial charge in [-0.2, -0.15) is 5.10 Å². The van der Waals surface area contributed by atoms with Crippen LogP contribution in [0.2, 0.25) is 0 Å². The second-order valence-electron chi connectivity index (χ2n) is 9.67. The van der Waals surface area contributed by atoms with E-state index in [0.717, 1.165) is 52.1 Å². The molecule has 2 aliphatic heterocycles. The Labute approximate surface area is 215 Å². The molecule has 2 aromatic heterocycles. The molecule has 1 unspecified atom stereocenters. The molecule has 3 aliphatic rings. The third-order valence-corrected chi connectivity index (χ3v) is 8.46. The van der Waals surface area contributed by atoms with E-state index in [9.17, 15) is 14.3 Å². The number of amides is 1. The summed E-state index contributed by atoms with van der Waals surface area (Å²) in [6.45, 7) is 2.08. The lowest BCUT2D eigenvalue weighted by Crippen LogP contribution is -2.47. The van der Waals surface area contributed by atoms with Gasteiger partial charge in [0.15, 0.2) is 15.6 Å². The first-order valence-corrected chi connectivity index (χ1v) is 13.1. The van der Waals surface area contributed by atoms with Gasteiger partial charge in [-0.15, -0.1) is 0 Å². The molecule has 2 atom stereocenters. The van der Waals surface area contributed by atoms with Crippen molar-refractivity contribution < 1.29 is 19.0 Å². The van der Waals surface area contributed by atoms with E-state index in [2.05, 4.69) is 42.9 Å². The SMILES string of the molecule is O=C(O)N[C@@H]1c2cccc(F)c2CC12CCN(c1cnc3c(I)nn(C4CCCCO4)c3n1)CC2. The summed E-state index contributed by atoms with van der Waals surface area (Å²) in [6, 6.07) is 4.53. The molecule has 0 bridgehead atoms. The zero-order valence-corrected chi connectivity index (χ0v) is 21.2. The number of ether oxygens (including phenoxy) is 1. The highest BCUT2D eigenvalue weighted by molar-refractivity contribution is 14.1. The van der Waals surface area contributed by atoms with Gasteiger partial charge in [0.05, 0.1) is 12.2 Å². The average Bonchev–Trinajstić information content (AvgIpc) is 3.35. The number of hydrogen-bond acceptors (Lipinski definition) is 6. The lowest BCUT2D eigenvalue weighted by atomic mass is 9.72. The highest BCUT2D eigenvalue weighted by atomic mass is 127. The Kier molecular flexibility index (Phi) is 5.78. The van der Waals surface area contributed by atoms with Crippen molar-refractivity contribution in [2.45, 2.75) is 50.8 Å². The highest BCUT2D eigenvalue weighted by Gasteiger charge is 2.49. The van der Waals surface area contributed by atoms with Crippen molar-refractivity contribution in [3.8, 4) is 0 Å². The number of fused-ring (bicyclic) bond motifs is 2. The smallest absolute Gasteiger partial charge is 0.405 e. The molecule has 4 heterocycles. The van der Waals surface area contributed by atoms with Gasteiger partial charge < -0.3 is 20.1 Å². The van der Waals surface area contributed by atoms with Crippen LogP contribution in [0.1, 0.15) is 55.5 Å². The number of carboxylic acid groups (broad SMARTS) is 1. The number of rotatable bonds is 3. The molecule has 1 aliphatic carbocycles. The average molecular weight is 592 g/mol. The standard InChI is InChI=1S/C24H26FIN6O3/c25-16-5-3-4-14-15(16)12-24(20(14)29-23(33)34)7-9-31(10-8-24)17-13-27-19-21(26)30-32(22(19)28-17)18-6-1-2-11-35-18/h3-5,13,18,20,29H,1-2,6-12H2,(H,33,34)/t18?,20-/m1/s1. The maximum atomic E-state index is 14.6. The van der Waals surface area contributed by atoms with Crippen molar-refractivity contribution in [3.05, 3.63) is 45.0 Å². The van der Waals surface area contributed by atoms with Crippen LogP contribution in [0.5, 0.6) is 0 Å². The molecule has 11 heteroatoms. The van der Waals surface area contributed by atoms with Crippen LogP contribution in [0.4, 0.5) is 15.0 Å². The van der Waals surface area contributed by atoms with Crippen molar-refractivity contribution in [1.82, 2.24) is 25.1 Å². The summed E-state index contributed by atoms with van der Waals surface area (Å²) >= 11 is 2.19. The van der Waals surface area contributed by atoms with Gasteiger partial charge in [-0.1, -0.05) is 12.1 Å². The number of halogens is 2. The minimum Gasteiger partial charge on any atom is -0.465 e. The van der Waals surface area contributed by atoms with Crippen LogP contribution in [-0.2, 0) is 11.2 Å². The van der Waals surface area contributed by atoms with Gasteiger partial charge in [-0.3, -0.25) is 0 Å². The number of carbonyl (C=O) groups is 1. The van der Waals surface area contributed by atoms with E-state index in [-0.39, 0.29) is 17.5 Å². The van der Waals surface area contributed by atoms with Crippen molar-refractivity contribution in [2.24, 2.45) is 5.41 Å². The summed E-state index contributed by atoms with van der Waals surface area (Å²) in [5.41, 5.74) is 2.52. The van der Waals surface area contributed by atoms with Crippen molar-refractivity contribution in [1.29, 1.82) is 0 Å². The summed E-state index contributed by atoms with van der Waals surface area (Å²) in [7, 11) is 0. The van der Waals surface area contributed by atoms with E-state index >= 15 is 0 Å². The molecule has 184 valence electrons. The maximum Gasteiger partial charge on any atom is 0.405 e. The van der Waals surface area contributed by atoms with E-state index < -0.39 is 12.1 Å². The Balaban J connectivity index is 1.27. The lowest BCUT2D eigenvalue weighted by molar-refractivity contribution is -0.0372. The van der Waals surface area contributed by atoms with Gasteiger partial charge in [-0.05, 0) is 78.3 Å². The van der Waals surface area contributed by atoms with Crippen molar-refractivity contribution in [3.63, 3.8) is 0 Å². The Morgan fingerprint density at radius 1 is 1.29 bits per heavy atom. The zero-order valence-electron chi connectivity index (χ0n) is 19.1. The quantitative estimate of drug-likeness (QED) is 0.434. The van der Waals surface area contributed by atoms with Crippen LogP contribution in [0, 0.1) is 14.9 Å². The van der Waals surface area contributed by atoms with E-state index in [1.54, 1.807) is 12.3 Å². The molecular formula is C24H26FIN6O3. The lowest BCUT2D eigenvalue weighted by Gasteiger charge is -2.43. The number of piperidine rings is 1. The third-order valence-electron chi connectivity index (χ3n) is 7.74. The molecule has 35 heavy (non-hydrogen) atoms. The first-order valence-electron chi connectivity index (χ1n) is 12.0. The van der Waals surface area contributed by atoms with Crippen LogP contribution in [-0.4, -0.2) is 50.6 Å². The zero-order chi connectivity index (χ0) is 24.2. The Morgan fingerprint density at radius 2 is 2.11 bits per heavy atom. The van der Waals surface area contributed by atoms with Crippen LogP contribution in [0.3, 0.4) is 0 Å². The van der Waals surface area contributed by atoms with Gasteiger partial charge in [0.2, 0.25) is 0 Å². The number of benzene rings is 1. The predicted molar refractivity (Wildman–Crippen MR) is 135 cm³/mol. The first-order chi connectivity index (χ1) is 16.9. The molecule has 2 N–H and O–H groups in total. The Hall–Kier alpha value is -2.54. The van der Waals surface area contributed by atoms with Gasteiger partial charge in [0.25, 0.3) is 0 Å². The third kappa shape index (κ3) is 3.92. The monoisotopic (exact) mass is 592 g/mol. The molecular weight excluding hydrogens is 566 g/mol. The van der Waals surface area contributed by atoms with E-state index in [1.807, 2.05) is 10.7 Å². The fourth-order valence-electron chi connectivity index (χ4n) is 5.95. The van der Waals surface area contributed by atoms with Gasteiger partial charge in [0.1, 0.15) is 17.2 Å².